The molecule has 6 heteroatoms. The predicted molar refractivity (Wildman–Crippen MR) is 86.6 cm³/mol. The van der Waals surface area contributed by atoms with E-state index in [2.05, 4.69) is 0 Å². The largest absolute Gasteiger partial charge is 0.366 e. The molecule has 2 aromatic carbocycles. The highest BCUT2D eigenvalue weighted by atomic mass is 35.5. The van der Waals surface area contributed by atoms with Gasteiger partial charge in [0.1, 0.15) is 0 Å². The van der Waals surface area contributed by atoms with Gasteiger partial charge in [0.2, 0.25) is 0 Å². The molecule has 0 aliphatic rings. The number of carbonyl (C=O) groups excluding carboxylic acids is 2. The summed E-state index contributed by atoms with van der Waals surface area (Å²) in [7, 11) is 0. The molecule has 0 unspecified atom stereocenters. The van der Waals surface area contributed by atoms with Crippen LogP contribution in [0.4, 0.5) is 0 Å². The number of rotatable bonds is 2. The lowest BCUT2D eigenvalue weighted by molar-refractivity contribution is 0.0965. The quantitative estimate of drug-likeness (QED) is 0.776. The zero-order valence-corrected chi connectivity index (χ0v) is 12.7. The lowest BCUT2D eigenvalue weighted by atomic mass is 10.2. The second-order valence-corrected chi connectivity index (χ2v) is 5.57. The van der Waals surface area contributed by atoms with Crippen molar-refractivity contribution in [3.05, 3.63) is 69.8 Å². The van der Waals surface area contributed by atoms with E-state index in [1.807, 2.05) is 0 Å². The Morgan fingerprint density at radius 2 is 1.73 bits per heavy atom. The van der Waals surface area contributed by atoms with E-state index in [9.17, 15) is 9.59 Å². The molecule has 3 rings (SSSR count). The summed E-state index contributed by atoms with van der Waals surface area (Å²) >= 11 is 12.0. The summed E-state index contributed by atoms with van der Waals surface area (Å²) in [5, 5.41) is 1.30. The molecule has 1 heterocycles. The summed E-state index contributed by atoms with van der Waals surface area (Å²) in [6, 6.07) is 11.7. The smallest absolute Gasteiger partial charge is 0.263 e. The van der Waals surface area contributed by atoms with Crippen molar-refractivity contribution in [2.45, 2.75) is 0 Å². The van der Waals surface area contributed by atoms with Crippen molar-refractivity contribution in [2.24, 2.45) is 5.73 Å². The van der Waals surface area contributed by atoms with Crippen LogP contribution in [0.3, 0.4) is 0 Å². The second kappa shape index (κ2) is 5.48. The number of carbonyl (C=O) groups is 2. The summed E-state index contributed by atoms with van der Waals surface area (Å²) in [6.45, 7) is 0. The van der Waals surface area contributed by atoms with E-state index in [0.29, 0.717) is 15.9 Å². The Hall–Kier alpha value is -2.30. The molecule has 1 aromatic heterocycles. The molecular formula is C16H10Cl2N2O2. The molecule has 22 heavy (non-hydrogen) atoms. The first kappa shape index (κ1) is 14.6. The number of benzene rings is 2. The summed E-state index contributed by atoms with van der Waals surface area (Å²) in [5.74, 6) is -0.976. The molecule has 0 fully saturated rings. The van der Waals surface area contributed by atoms with Crippen LogP contribution in [0.5, 0.6) is 0 Å². The molecular weight excluding hydrogens is 323 g/mol. The van der Waals surface area contributed by atoms with Crippen LogP contribution >= 0.6 is 23.2 Å². The number of para-hydroxylation sites is 1. The van der Waals surface area contributed by atoms with Crippen LogP contribution in [0.2, 0.25) is 10.0 Å². The Morgan fingerprint density at radius 1 is 1.00 bits per heavy atom. The SMILES string of the molecule is NC(=O)c1cn(C(=O)c2cc(Cl)ccc2Cl)c2ccccc12. The predicted octanol–water partition coefficient (Wildman–Crippen LogP) is 3.74. The topological polar surface area (TPSA) is 65.1 Å². The van der Waals surface area contributed by atoms with Crippen molar-refractivity contribution >= 4 is 45.9 Å². The van der Waals surface area contributed by atoms with Crippen molar-refractivity contribution in [2.75, 3.05) is 0 Å². The van der Waals surface area contributed by atoms with Gasteiger partial charge in [-0.15, -0.1) is 0 Å². The van der Waals surface area contributed by atoms with Gasteiger partial charge in [-0.3, -0.25) is 14.2 Å². The number of aromatic nitrogens is 1. The van der Waals surface area contributed by atoms with E-state index in [4.69, 9.17) is 28.9 Å². The van der Waals surface area contributed by atoms with Crippen molar-refractivity contribution in [1.29, 1.82) is 0 Å². The molecule has 0 aliphatic carbocycles. The summed E-state index contributed by atoms with van der Waals surface area (Å²) < 4.78 is 1.35. The molecule has 2 N–H and O–H groups in total. The Labute approximate surface area is 136 Å². The Kier molecular flexibility index (Phi) is 3.64. The van der Waals surface area contributed by atoms with Crippen LogP contribution in [0, 0.1) is 0 Å². The van der Waals surface area contributed by atoms with Crippen LogP contribution in [-0.2, 0) is 0 Å². The third kappa shape index (κ3) is 2.36. The lowest BCUT2D eigenvalue weighted by Gasteiger charge is -2.06. The molecule has 0 aliphatic heterocycles. The maximum Gasteiger partial charge on any atom is 0.263 e. The first-order valence-electron chi connectivity index (χ1n) is 6.38. The number of fused-ring (bicyclic) bond motifs is 1. The van der Waals surface area contributed by atoms with E-state index < -0.39 is 5.91 Å². The highest BCUT2D eigenvalue weighted by Crippen LogP contribution is 2.26. The fraction of sp³-hybridized carbons (Fsp3) is 0. The van der Waals surface area contributed by atoms with Gasteiger partial charge in [-0.25, -0.2) is 0 Å². The maximum absolute atomic E-state index is 12.7. The molecule has 1 amide bonds. The van der Waals surface area contributed by atoms with Gasteiger partial charge in [0.05, 0.1) is 21.7 Å². The first-order chi connectivity index (χ1) is 10.5. The minimum atomic E-state index is -0.597. The number of amides is 1. The van der Waals surface area contributed by atoms with E-state index in [1.165, 1.54) is 16.8 Å². The minimum absolute atomic E-state index is 0.256. The minimum Gasteiger partial charge on any atom is -0.366 e. The molecule has 0 saturated carbocycles. The Morgan fingerprint density at radius 3 is 2.45 bits per heavy atom. The monoisotopic (exact) mass is 332 g/mol. The normalized spacial score (nSPS) is 10.8. The number of hydrogen-bond donors (Lipinski definition) is 1. The van der Waals surface area contributed by atoms with Gasteiger partial charge in [-0.05, 0) is 24.3 Å². The van der Waals surface area contributed by atoms with Crippen LogP contribution in [0.15, 0.2) is 48.7 Å². The summed E-state index contributed by atoms with van der Waals surface area (Å²) in [6.07, 6.45) is 1.42. The maximum atomic E-state index is 12.7. The zero-order valence-electron chi connectivity index (χ0n) is 11.2. The van der Waals surface area contributed by atoms with Gasteiger partial charge in [0.15, 0.2) is 0 Å². The molecule has 110 valence electrons. The fourth-order valence-corrected chi connectivity index (χ4v) is 2.71. The van der Waals surface area contributed by atoms with Gasteiger partial charge >= 0.3 is 0 Å². The van der Waals surface area contributed by atoms with Gasteiger partial charge < -0.3 is 5.73 Å². The number of primary amides is 1. The molecule has 0 atom stereocenters. The van der Waals surface area contributed by atoms with E-state index in [1.54, 1.807) is 36.4 Å². The Bertz CT molecular complexity index is 916. The van der Waals surface area contributed by atoms with Gasteiger partial charge in [0.25, 0.3) is 11.8 Å². The number of nitrogens with zero attached hydrogens (tertiary/aromatic N) is 1. The van der Waals surface area contributed by atoms with Crippen molar-refractivity contribution < 1.29 is 9.59 Å². The van der Waals surface area contributed by atoms with Crippen molar-refractivity contribution in [3.63, 3.8) is 0 Å². The molecule has 0 saturated heterocycles. The third-order valence-electron chi connectivity index (χ3n) is 3.36. The second-order valence-electron chi connectivity index (χ2n) is 4.72. The summed E-state index contributed by atoms with van der Waals surface area (Å²) in [4.78, 5) is 24.3. The van der Waals surface area contributed by atoms with Gasteiger partial charge in [-0.1, -0.05) is 41.4 Å². The molecule has 0 spiro atoms. The number of halogens is 2. The third-order valence-corrected chi connectivity index (χ3v) is 3.92. The number of hydrogen-bond acceptors (Lipinski definition) is 2. The molecule has 0 radical (unpaired) electrons. The van der Waals surface area contributed by atoms with Crippen LogP contribution in [0.1, 0.15) is 20.7 Å². The van der Waals surface area contributed by atoms with Crippen molar-refractivity contribution in [3.8, 4) is 0 Å². The average Bonchev–Trinajstić information content (AvgIpc) is 2.89. The van der Waals surface area contributed by atoms with Crippen LogP contribution in [0.25, 0.3) is 10.9 Å². The van der Waals surface area contributed by atoms with Crippen LogP contribution in [-0.4, -0.2) is 16.4 Å². The van der Waals surface area contributed by atoms with Crippen LogP contribution < -0.4 is 5.73 Å². The van der Waals surface area contributed by atoms with E-state index in [0.717, 1.165) is 0 Å². The Balaban J connectivity index is 2.24. The van der Waals surface area contributed by atoms with E-state index in [-0.39, 0.29) is 22.1 Å². The van der Waals surface area contributed by atoms with Gasteiger partial charge in [-0.2, -0.15) is 0 Å². The highest BCUT2D eigenvalue weighted by Gasteiger charge is 2.19. The van der Waals surface area contributed by atoms with Crippen molar-refractivity contribution in [1.82, 2.24) is 4.57 Å². The summed E-state index contributed by atoms with van der Waals surface area (Å²) in [5.41, 5.74) is 6.49. The fourth-order valence-electron chi connectivity index (χ4n) is 2.34. The molecule has 4 nitrogen and oxygen atoms in total. The highest BCUT2D eigenvalue weighted by molar-refractivity contribution is 6.36. The number of nitrogens with two attached hydrogens (primary N) is 1. The average molecular weight is 333 g/mol. The molecule has 0 bridgehead atoms. The lowest BCUT2D eigenvalue weighted by Crippen LogP contribution is -2.13. The zero-order chi connectivity index (χ0) is 15.9. The van der Waals surface area contributed by atoms with Gasteiger partial charge in [0, 0.05) is 16.6 Å². The molecule has 3 aromatic rings. The first-order valence-corrected chi connectivity index (χ1v) is 7.14. The standard InChI is InChI=1S/C16H10Cl2N2O2/c17-9-5-6-13(18)11(7-9)16(22)20-8-12(15(19)21)10-3-1-2-4-14(10)20/h1-8H,(H2,19,21). The van der Waals surface area contributed by atoms with E-state index >= 15 is 0 Å².